The second-order valence-electron chi connectivity index (χ2n) is 4.76. The average Bonchev–Trinajstić information content (AvgIpc) is 2.81. The lowest BCUT2D eigenvalue weighted by Crippen LogP contribution is -2.49. The maximum absolute atomic E-state index is 12.2. The molecule has 0 aromatic carbocycles. The minimum atomic E-state index is -3.82. The van der Waals surface area contributed by atoms with E-state index in [2.05, 4.69) is 9.71 Å². The van der Waals surface area contributed by atoms with Gasteiger partial charge in [0.25, 0.3) is 5.56 Å². The van der Waals surface area contributed by atoms with E-state index >= 15 is 0 Å². The van der Waals surface area contributed by atoms with Crippen molar-refractivity contribution in [1.82, 2.24) is 9.71 Å². The highest BCUT2D eigenvalue weighted by atomic mass is 35.5. The summed E-state index contributed by atoms with van der Waals surface area (Å²) in [4.78, 5) is 13.3. The van der Waals surface area contributed by atoms with Crippen LogP contribution in [0, 0.1) is 0 Å². The average molecular weight is 307 g/mol. The number of halogens is 1. The third-order valence-electron chi connectivity index (χ3n) is 3.36. The molecule has 0 atom stereocenters. The summed E-state index contributed by atoms with van der Waals surface area (Å²) in [6, 6.07) is 1.10. The largest absolute Gasteiger partial charge is 0.394 e. The van der Waals surface area contributed by atoms with Crippen LogP contribution in [0.2, 0.25) is 5.02 Å². The van der Waals surface area contributed by atoms with Gasteiger partial charge in [0, 0.05) is 6.20 Å². The molecular weight excluding hydrogens is 292 g/mol. The van der Waals surface area contributed by atoms with Crippen molar-refractivity contribution >= 4 is 21.6 Å². The number of hydrogen-bond donors (Lipinski definition) is 3. The first-order valence-electron chi connectivity index (χ1n) is 5.92. The van der Waals surface area contributed by atoms with Crippen LogP contribution in [-0.2, 0) is 10.0 Å². The summed E-state index contributed by atoms with van der Waals surface area (Å²) in [5.74, 6) is 0. The van der Waals surface area contributed by atoms with Crippen molar-refractivity contribution in [3.8, 4) is 0 Å². The van der Waals surface area contributed by atoms with E-state index < -0.39 is 21.1 Å². The van der Waals surface area contributed by atoms with Gasteiger partial charge in [-0.1, -0.05) is 24.4 Å². The Morgan fingerprint density at radius 3 is 2.58 bits per heavy atom. The van der Waals surface area contributed by atoms with Crippen molar-refractivity contribution in [2.24, 2.45) is 0 Å². The summed E-state index contributed by atoms with van der Waals surface area (Å²) in [6.45, 7) is -0.247. The van der Waals surface area contributed by atoms with Gasteiger partial charge in [0.05, 0.1) is 17.0 Å². The topological polar surface area (TPSA) is 99.3 Å². The number of pyridine rings is 1. The van der Waals surface area contributed by atoms with Crippen LogP contribution in [0.15, 0.2) is 22.0 Å². The van der Waals surface area contributed by atoms with E-state index in [4.69, 9.17) is 11.6 Å². The van der Waals surface area contributed by atoms with Crippen LogP contribution in [-0.4, -0.2) is 30.7 Å². The lowest BCUT2D eigenvalue weighted by molar-refractivity contribution is 0.185. The SMILES string of the molecule is O=c1[nH]cc(S(=O)(=O)NC2(CO)CCCC2)cc1Cl. The molecule has 1 aliphatic carbocycles. The van der Waals surface area contributed by atoms with E-state index in [0.29, 0.717) is 12.8 Å². The molecule has 6 nitrogen and oxygen atoms in total. The third kappa shape index (κ3) is 3.00. The first-order valence-corrected chi connectivity index (χ1v) is 7.78. The van der Waals surface area contributed by atoms with E-state index in [1.807, 2.05) is 0 Å². The molecule has 1 aromatic heterocycles. The Labute approximate surface area is 115 Å². The highest BCUT2D eigenvalue weighted by Gasteiger charge is 2.37. The van der Waals surface area contributed by atoms with Crippen LogP contribution >= 0.6 is 11.6 Å². The van der Waals surface area contributed by atoms with Crippen LogP contribution in [0.5, 0.6) is 0 Å². The number of aromatic amines is 1. The van der Waals surface area contributed by atoms with Gasteiger partial charge >= 0.3 is 0 Å². The maximum atomic E-state index is 12.2. The van der Waals surface area contributed by atoms with Gasteiger partial charge in [-0.05, 0) is 18.9 Å². The fourth-order valence-corrected chi connectivity index (χ4v) is 3.96. The lowest BCUT2D eigenvalue weighted by Gasteiger charge is -2.27. The van der Waals surface area contributed by atoms with Crippen molar-refractivity contribution in [2.75, 3.05) is 6.61 Å². The number of aliphatic hydroxyl groups is 1. The Morgan fingerprint density at radius 2 is 2.05 bits per heavy atom. The fourth-order valence-electron chi connectivity index (χ4n) is 2.28. The zero-order valence-electron chi connectivity index (χ0n) is 10.1. The number of aliphatic hydroxyl groups excluding tert-OH is 1. The van der Waals surface area contributed by atoms with E-state index in [1.54, 1.807) is 0 Å². The molecule has 1 aliphatic rings. The molecule has 0 saturated heterocycles. The molecule has 0 spiro atoms. The molecule has 0 aliphatic heterocycles. The smallest absolute Gasteiger partial charge is 0.266 e. The molecule has 0 bridgehead atoms. The second-order valence-corrected chi connectivity index (χ2v) is 6.85. The van der Waals surface area contributed by atoms with Gasteiger partial charge < -0.3 is 10.1 Å². The summed E-state index contributed by atoms with van der Waals surface area (Å²) < 4.78 is 26.9. The van der Waals surface area contributed by atoms with Gasteiger partial charge in [0.2, 0.25) is 10.0 Å². The Balaban J connectivity index is 2.32. The summed E-state index contributed by atoms with van der Waals surface area (Å²) in [5.41, 5.74) is -1.35. The molecule has 8 heteroatoms. The number of H-pyrrole nitrogens is 1. The zero-order chi connectivity index (χ0) is 14.1. The summed E-state index contributed by atoms with van der Waals surface area (Å²) >= 11 is 5.62. The van der Waals surface area contributed by atoms with E-state index in [1.165, 1.54) is 0 Å². The van der Waals surface area contributed by atoms with Crippen LogP contribution in [0.3, 0.4) is 0 Å². The zero-order valence-corrected chi connectivity index (χ0v) is 11.7. The normalized spacial score (nSPS) is 18.6. The van der Waals surface area contributed by atoms with Crippen molar-refractivity contribution in [3.05, 3.63) is 27.6 Å². The predicted molar refractivity (Wildman–Crippen MR) is 70.7 cm³/mol. The van der Waals surface area contributed by atoms with E-state index in [-0.39, 0.29) is 16.5 Å². The Bertz CT molecular complexity index is 620. The molecular formula is C11H15ClN2O4S. The minimum Gasteiger partial charge on any atom is -0.394 e. The van der Waals surface area contributed by atoms with Crippen molar-refractivity contribution in [1.29, 1.82) is 0 Å². The standard InChI is InChI=1S/C11H15ClN2O4S/c12-9-5-8(6-13-10(9)16)19(17,18)14-11(7-15)3-1-2-4-11/h5-6,14-15H,1-4,7H2,(H,13,16). The van der Waals surface area contributed by atoms with Gasteiger partial charge in [0.1, 0.15) is 5.02 Å². The second kappa shape index (κ2) is 5.24. The van der Waals surface area contributed by atoms with Crippen molar-refractivity contribution < 1.29 is 13.5 Å². The highest BCUT2D eigenvalue weighted by Crippen LogP contribution is 2.30. The van der Waals surface area contributed by atoms with Crippen molar-refractivity contribution in [3.63, 3.8) is 0 Å². The molecule has 1 heterocycles. The first-order chi connectivity index (χ1) is 8.88. The van der Waals surface area contributed by atoms with Gasteiger partial charge in [0.15, 0.2) is 0 Å². The number of nitrogens with one attached hydrogen (secondary N) is 2. The number of rotatable bonds is 4. The first kappa shape index (κ1) is 14.5. The van der Waals surface area contributed by atoms with Gasteiger partial charge in [-0.15, -0.1) is 0 Å². The van der Waals surface area contributed by atoms with Crippen LogP contribution in [0.4, 0.5) is 0 Å². The fraction of sp³-hybridized carbons (Fsp3) is 0.545. The van der Waals surface area contributed by atoms with Crippen LogP contribution in [0.1, 0.15) is 25.7 Å². The van der Waals surface area contributed by atoms with Gasteiger partial charge in [-0.2, -0.15) is 0 Å². The number of hydrogen-bond acceptors (Lipinski definition) is 4. The third-order valence-corrected chi connectivity index (χ3v) is 5.19. The molecule has 106 valence electrons. The molecule has 1 aromatic rings. The Morgan fingerprint density at radius 1 is 1.42 bits per heavy atom. The summed E-state index contributed by atoms with van der Waals surface area (Å²) in [7, 11) is -3.82. The van der Waals surface area contributed by atoms with E-state index in [0.717, 1.165) is 25.1 Å². The van der Waals surface area contributed by atoms with Gasteiger partial charge in [-0.3, -0.25) is 4.79 Å². The quantitative estimate of drug-likeness (QED) is 0.759. The number of aromatic nitrogens is 1. The highest BCUT2D eigenvalue weighted by molar-refractivity contribution is 7.89. The minimum absolute atomic E-state index is 0.114. The lowest BCUT2D eigenvalue weighted by atomic mass is 10.0. The molecule has 3 N–H and O–H groups in total. The van der Waals surface area contributed by atoms with Crippen LogP contribution < -0.4 is 10.3 Å². The molecule has 1 fully saturated rings. The monoisotopic (exact) mass is 306 g/mol. The van der Waals surface area contributed by atoms with E-state index in [9.17, 15) is 18.3 Å². The molecule has 2 rings (SSSR count). The molecule has 19 heavy (non-hydrogen) atoms. The number of sulfonamides is 1. The molecule has 1 saturated carbocycles. The summed E-state index contributed by atoms with van der Waals surface area (Å²) in [5, 5.41) is 9.23. The Kier molecular flexibility index (Phi) is 4.00. The molecule has 0 unspecified atom stereocenters. The van der Waals surface area contributed by atoms with Crippen molar-refractivity contribution in [2.45, 2.75) is 36.1 Å². The van der Waals surface area contributed by atoms with Gasteiger partial charge in [-0.25, -0.2) is 13.1 Å². The predicted octanol–water partition coefficient (Wildman–Crippen LogP) is 0.612. The molecule has 0 amide bonds. The van der Waals surface area contributed by atoms with Crippen LogP contribution in [0.25, 0.3) is 0 Å². The molecule has 0 radical (unpaired) electrons. The maximum Gasteiger partial charge on any atom is 0.266 e. The summed E-state index contributed by atoms with van der Waals surface area (Å²) in [6.07, 6.45) is 4.03. The Hall–Kier alpha value is -0.890.